The number of benzene rings is 8. The Morgan fingerprint density at radius 1 is 0.483 bits per heavy atom. The minimum absolute atomic E-state index is 0.00103. The van der Waals surface area contributed by atoms with E-state index in [0.717, 1.165) is 0 Å². The van der Waals surface area contributed by atoms with Gasteiger partial charge >= 0.3 is 0 Å². The van der Waals surface area contributed by atoms with Gasteiger partial charge in [0.25, 0.3) is 0 Å². The molecule has 0 fully saturated rings. The van der Waals surface area contributed by atoms with Crippen LogP contribution >= 0.6 is 11.8 Å². The molecule has 0 saturated carbocycles. The highest BCUT2D eigenvalue weighted by Crippen LogP contribution is 2.47. The Morgan fingerprint density at radius 3 is 1.86 bits per heavy atom. The molecule has 278 valence electrons. The molecule has 0 unspecified atom stereocenters. The van der Waals surface area contributed by atoms with Crippen LogP contribution < -0.4 is 42.0 Å². The molecule has 4 heteroatoms. The molecule has 3 aliphatic heterocycles. The van der Waals surface area contributed by atoms with Crippen LogP contribution in [0, 0.1) is 13.8 Å². The summed E-state index contributed by atoms with van der Waals surface area (Å²) in [6, 6.07) is 67.7. The molecule has 58 heavy (non-hydrogen) atoms. The van der Waals surface area contributed by atoms with Gasteiger partial charge in [0, 0.05) is 26.7 Å². The van der Waals surface area contributed by atoms with Crippen molar-refractivity contribution in [1.82, 2.24) is 0 Å². The predicted octanol–water partition coefficient (Wildman–Crippen LogP) is 9.39. The summed E-state index contributed by atoms with van der Waals surface area (Å²) in [4.78, 5) is 5.36. The van der Waals surface area contributed by atoms with Crippen molar-refractivity contribution >= 4 is 80.7 Å². The SMILES string of the molecule is Cc1ccc2c(c1)B1c3cc4c(cc3N(c3ccc(C(C)(C)C)cc3-c3ccccc3)c3cc(C)cc(c31)S2)-c1ccccc1[Si]4(c1ccccc1)c1ccccc1. The van der Waals surface area contributed by atoms with Crippen LogP contribution in [0.1, 0.15) is 37.5 Å². The molecule has 3 heterocycles. The lowest BCUT2D eigenvalue weighted by molar-refractivity contribution is 0.590. The summed E-state index contributed by atoms with van der Waals surface area (Å²) in [5, 5.41) is 5.81. The van der Waals surface area contributed by atoms with Gasteiger partial charge in [-0.2, -0.15) is 0 Å². The quantitative estimate of drug-likeness (QED) is 0.164. The second-order valence-corrected chi connectivity index (χ2v) is 22.3. The highest BCUT2D eigenvalue weighted by Gasteiger charge is 2.51. The van der Waals surface area contributed by atoms with E-state index in [1.807, 2.05) is 11.8 Å². The summed E-state index contributed by atoms with van der Waals surface area (Å²) < 4.78 is 0. The molecule has 0 N–H and O–H groups in total. The summed E-state index contributed by atoms with van der Waals surface area (Å²) in [6.07, 6.45) is 0. The van der Waals surface area contributed by atoms with Crippen molar-refractivity contribution in [2.75, 3.05) is 4.90 Å². The molecule has 1 nitrogen and oxygen atoms in total. The molecule has 0 atom stereocenters. The Morgan fingerprint density at radius 2 is 1.16 bits per heavy atom. The van der Waals surface area contributed by atoms with E-state index in [1.165, 1.54) is 103 Å². The first-order valence-corrected chi connectivity index (χ1v) is 23.4. The normalized spacial score (nSPS) is 14.3. The Bertz CT molecular complexity index is 2890. The maximum absolute atomic E-state index is 2.74. The average molecular weight is 778 g/mol. The monoisotopic (exact) mass is 777 g/mol. The number of fused-ring (bicyclic) bond motifs is 7. The van der Waals surface area contributed by atoms with E-state index in [9.17, 15) is 0 Å². The first-order valence-electron chi connectivity index (χ1n) is 20.5. The number of hydrogen-bond donors (Lipinski definition) is 0. The molecule has 0 amide bonds. The van der Waals surface area contributed by atoms with Crippen LogP contribution in [0.5, 0.6) is 0 Å². The lowest BCUT2D eigenvalue weighted by atomic mass is 9.34. The first-order chi connectivity index (χ1) is 28.2. The fourth-order valence-electron chi connectivity index (χ4n) is 10.2. The Labute approximate surface area is 348 Å². The van der Waals surface area contributed by atoms with E-state index in [1.54, 1.807) is 0 Å². The van der Waals surface area contributed by atoms with Gasteiger partial charge in [-0.25, -0.2) is 0 Å². The van der Waals surface area contributed by atoms with Crippen molar-refractivity contribution in [2.24, 2.45) is 0 Å². The first kappa shape index (κ1) is 35.4. The minimum Gasteiger partial charge on any atom is -0.311 e. The van der Waals surface area contributed by atoms with Crippen LogP contribution in [-0.2, 0) is 5.41 Å². The maximum atomic E-state index is 2.69. The van der Waals surface area contributed by atoms with Gasteiger partial charge in [0.05, 0.1) is 5.69 Å². The summed E-state index contributed by atoms with van der Waals surface area (Å²) in [5.41, 5.74) is 17.1. The van der Waals surface area contributed by atoms with Gasteiger partial charge in [-0.05, 0) is 115 Å². The smallest absolute Gasteiger partial charge is 0.249 e. The van der Waals surface area contributed by atoms with Crippen LogP contribution in [0.3, 0.4) is 0 Å². The van der Waals surface area contributed by atoms with E-state index in [4.69, 9.17) is 0 Å². The summed E-state index contributed by atoms with van der Waals surface area (Å²) in [6.45, 7) is 11.6. The molecule has 8 aromatic rings. The van der Waals surface area contributed by atoms with E-state index in [2.05, 4.69) is 215 Å². The minimum atomic E-state index is -2.74. The van der Waals surface area contributed by atoms with Gasteiger partial charge in [0.15, 0.2) is 8.07 Å². The molecular formula is C54H44BNSSi. The van der Waals surface area contributed by atoms with Gasteiger partial charge in [-0.3, -0.25) is 0 Å². The van der Waals surface area contributed by atoms with Crippen LogP contribution in [0.15, 0.2) is 186 Å². The number of anilines is 3. The number of aryl methyl sites for hydroxylation is 2. The van der Waals surface area contributed by atoms with Crippen molar-refractivity contribution in [1.29, 1.82) is 0 Å². The van der Waals surface area contributed by atoms with E-state index >= 15 is 0 Å². The van der Waals surface area contributed by atoms with Gasteiger partial charge in [0.2, 0.25) is 6.71 Å². The summed E-state index contributed by atoms with van der Waals surface area (Å²) >= 11 is 1.94. The van der Waals surface area contributed by atoms with Crippen molar-refractivity contribution in [3.05, 3.63) is 193 Å². The van der Waals surface area contributed by atoms with Gasteiger partial charge in [0.1, 0.15) is 0 Å². The third-order valence-corrected chi connectivity index (χ3v) is 18.9. The number of rotatable bonds is 4. The summed E-state index contributed by atoms with van der Waals surface area (Å²) in [7, 11) is -2.74. The molecular weight excluding hydrogens is 734 g/mol. The van der Waals surface area contributed by atoms with E-state index in [-0.39, 0.29) is 12.1 Å². The van der Waals surface area contributed by atoms with Crippen molar-refractivity contribution in [2.45, 2.75) is 49.8 Å². The van der Waals surface area contributed by atoms with Crippen molar-refractivity contribution in [3.8, 4) is 22.3 Å². The Kier molecular flexibility index (Phi) is 7.99. The molecule has 0 spiro atoms. The molecule has 0 saturated heterocycles. The molecule has 0 aromatic heterocycles. The van der Waals surface area contributed by atoms with Crippen molar-refractivity contribution in [3.63, 3.8) is 0 Å². The summed E-state index contributed by atoms with van der Waals surface area (Å²) in [5.74, 6) is 0. The second-order valence-electron chi connectivity index (χ2n) is 17.4. The lowest BCUT2D eigenvalue weighted by Gasteiger charge is -2.42. The third-order valence-electron chi connectivity index (χ3n) is 12.8. The number of nitrogens with zero attached hydrogens (tertiary/aromatic N) is 1. The fraction of sp³-hybridized carbons (Fsp3) is 0.111. The topological polar surface area (TPSA) is 3.24 Å². The van der Waals surface area contributed by atoms with Gasteiger partial charge < -0.3 is 4.90 Å². The van der Waals surface area contributed by atoms with Gasteiger partial charge in [-0.15, -0.1) is 0 Å². The average Bonchev–Trinajstić information content (AvgIpc) is 3.53. The lowest BCUT2D eigenvalue weighted by Crippen LogP contribution is -2.73. The zero-order valence-corrected chi connectivity index (χ0v) is 35.5. The van der Waals surface area contributed by atoms with E-state index < -0.39 is 8.07 Å². The van der Waals surface area contributed by atoms with Gasteiger partial charge in [-0.1, -0.05) is 183 Å². The molecule has 11 rings (SSSR count). The fourth-order valence-corrected chi connectivity index (χ4v) is 16.7. The molecule has 8 aromatic carbocycles. The van der Waals surface area contributed by atoms with Crippen LogP contribution in [-0.4, -0.2) is 14.8 Å². The largest absolute Gasteiger partial charge is 0.311 e. The number of hydrogen-bond acceptors (Lipinski definition) is 2. The zero-order chi connectivity index (χ0) is 39.3. The van der Waals surface area contributed by atoms with E-state index in [0.29, 0.717) is 0 Å². The van der Waals surface area contributed by atoms with Crippen LogP contribution in [0.2, 0.25) is 0 Å². The maximum Gasteiger partial charge on any atom is 0.249 e. The molecule has 0 radical (unpaired) electrons. The predicted molar refractivity (Wildman–Crippen MR) is 253 cm³/mol. The second kappa shape index (κ2) is 13.1. The van der Waals surface area contributed by atoms with Crippen molar-refractivity contribution < 1.29 is 0 Å². The third kappa shape index (κ3) is 5.18. The highest BCUT2D eigenvalue weighted by atomic mass is 32.2. The van der Waals surface area contributed by atoms with Crippen LogP contribution in [0.4, 0.5) is 17.1 Å². The van der Waals surface area contributed by atoms with Crippen LogP contribution in [0.25, 0.3) is 22.3 Å². The Hall–Kier alpha value is -5.81. The highest BCUT2D eigenvalue weighted by molar-refractivity contribution is 8.00. The molecule has 0 bridgehead atoms. The Balaban J connectivity index is 1.29. The zero-order valence-electron chi connectivity index (χ0n) is 33.7. The molecule has 3 aliphatic rings. The molecule has 0 aliphatic carbocycles. The standard InChI is InChI=1S/C54H44BNSSi/c1-35-25-28-49-45(29-35)55-44-34-52-43(41-23-15-16-24-51(41)58(52,39-19-11-7-12-20-39)40-21-13-8-14-22-40)33-47(44)56(48-30-36(2)31-50(57-49)53(48)55)46-27-26-38(54(3,4)5)32-42(46)37-17-9-6-10-18-37/h6-34H,1-5H3.